The highest BCUT2D eigenvalue weighted by molar-refractivity contribution is 5.66. The van der Waals surface area contributed by atoms with E-state index in [-0.39, 0.29) is 5.97 Å². The molecule has 0 aliphatic carbocycles. The fraction of sp³-hybridized carbons (Fsp3) is 0.500. The molecule has 0 spiro atoms. The molecule has 0 saturated carbocycles. The topological polar surface area (TPSA) is 26.3 Å². The highest BCUT2D eigenvalue weighted by atomic mass is 16.5. The van der Waals surface area contributed by atoms with Crippen molar-refractivity contribution in [1.29, 1.82) is 0 Å². The van der Waals surface area contributed by atoms with Gasteiger partial charge in [-0.3, -0.25) is 4.79 Å². The Kier molecular flexibility index (Phi) is 7.07. The van der Waals surface area contributed by atoms with E-state index < -0.39 is 0 Å². The van der Waals surface area contributed by atoms with Crippen molar-refractivity contribution in [3.05, 3.63) is 12.2 Å². The van der Waals surface area contributed by atoms with Gasteiger partial charge in [0.15, 0.2) is 0 Å². The van der Waals surface area contributed by atoms with Crippen LogP contribution in [0.25, 0.3) is 0 Å². The summed E-state index contributed by atoms with van der Waals surface area (Å²) in [5.41, 5.74) is 0. The Bertz CT molecular complexity index is 206. The number of carbonyl (C=O) groups is 1. The van der Waals surface area contributed by atoms with Crippen LogP contribution in [0.4, 0.5) is 0 Å². The van der Waals surface area contributed by atoms with E-state index in [0.29, 0.717) is 6.61 Å². The van der Waals surface area contributed by atoms with E-state index in [9.17, 15) is 4.79 Å². The van der Waals surface area contributed by atoms with E-state index in [0.717, 1.165) is 12.8 Å². The van der Waals surface area contributed by atoms with Gasteiger partial charge in [-0.15, -0.1) is 0 Å². The first-order valence-corrected chi connectivity index (χ1v) is 4.04. The molecule has 0 aromatic carbocycles. The smallest absolute Gasteiger partial charge is 0.302 e. The van der Waals surface area contributed by atoms with Crippen molar-refractivity contribution in [1.82, 2.24) is 0 Å². The SMILES string of the molecule is CCCC#C/C=C/COC(C)=O. The Balaban J connectivity index is 3.38. The summed E-state index contributed by atoms with van der Waals surface area (Å²) < 4.78 is 4.65. The van der Waals surface area contributed by atoms with E-state index in [1.54, 1.807) is 12.2 Å². The van der Waals surface area contributed by atoms with Gasteiger partial charge in [-0.25, -0.2) is 0 Å². The molecule has 0 fully saturated rings. The van der Waals surface area contributed by atoms with Gasteiger partial charge < -0.3 is 4.74 Å². The quantitative estimate of drug-likeness (QED) is 0.473. The Morgan fingerprint density at radius 3 is 2.92 bits per heavy atom. The summed E-state index contributed by atoms with van der Waals surface area (Å²) in [5, 5.41) is 0. The van der Waals surface area contributed by atoms with Crippen LogP contribution >= 0.6 is 0 Å². The lowest BCUT2D eigenvalue weighted by Gasteiger charge is -1.91. The van der Waals surface area contributed by atoms with E-state index in [4.69, 9.17) is 0 Å². The predicted octanol–water partition coefficient (Wildman–Crippen LogP) is 1.91. The second kappa shape index (κ2) is 7.87. The van der Waals surface area contributed by atoms with Crippen LogP contribution in [-0.2, 0) is 9.53 Å². The number of ether oxygens (including phenoxy) is 1. The van der Waals surface area contributed by atoms with Gasteiger partial charge in [-0.2, -0.15) is 0 Å². The van der Waals surface area contributed by atoms with Gasteiger partial charge in [0.25, 0.3) is 0 Å². The van der Waals surface area contributed by atoms with Gasteiger partial charge in [0.2, 0.25) is 0 Å². The minimum Gasteiger partial charge on any atom is -0.462 e. The number of esters is 1. The number of rotatable bonds is 3. The molecule has 2 nitrogen and oxygen atoms in total. The fourth-order valence-corrected chi connectivity index (χ4v) is 0.529. The molecule has 66 valence electrons. The molecule has 0 aromatic heterocycles. The second-order valence-corrected chi connectivity index (χ2v) is 2.28. The van der Waals surface area contributed by atoms with Gasteiger partial charge in [0, 0.05) is 13.3 Å². The number of hydrogen-bond acceptors (Lipinski definition) is 2. The first-order valence-electron chi connectivity index (χ1n) is 4.04. The molecule has 2 heteroatoms. The molecule has 12 heavy (non-hydrogen) atoms. The minimum absolute atomic E-state index is 0.263. The van der Waals surface area contributed by atoms with Gasteiger partial charge in [-0.05, 0) is 18.6 Å². The zero-order valence-electron chi connectivity index (χ0n) is 7.59. The minimum atomic E-state index is -0.263. The van der Waals surface area contributed by atoms with E-state index in [1.807, 2.05) is 0 Å². The van der Waals surface area contributed by atoms with Crippen LogP contribution in [0.3, 0.4) is 0 Å². The van der Waals surface area contributed by atoms with E-state index in [2.05, 4.69) is 23.5 Å². The molecule has 0 heterocycles. The molecular formula is C10H14O2. The maximum Gasteiger partial charge on any atom is 0.302 e. The Hall–Kier alpha value is -1.23. The Labute approximate surface area is 73.6 Å². The van der Waals surface area contributed by atoms with Crippen molar-refractivity contribution in [3.63, 3.8) is 0 Å². The van der Waals surface area contributed by atoms with E-state index in [1.165, 1.54) is 6.92 Å². The normalized spacial score (nSPS) is 9.17. The highest BCUT2D eigenvalue weighted by Crippen LogP contribution is 1.82. The first kappa shape index (κ1) is 10.8. The van der Waals surface area contributed by atoms with Crippen LogP contribution in [0, 0.1) is 11.8 Å². The van der Waals surface area contributed by atoms with Crippen molar-refractivity contribution >= 4 is 5.97 Å². The summed E-state index contributed by atoms with van der Waals surface area (Å²) >= 11 is 0. The third kappa shape index (κ3) is 8.77. The average Bonchev–Trinajstić information content (AvgIpc) is 2.02. The molecule has 0 aromatic rings. The van der Waals surface area contributed by atoms with Crippen molar-refractivity contribution in [2.75, 3.05) is 6.61 Å². The highest BCUT2D eigenvalue weighted by Gasteiger charge is 1.84. The molecule has 0 unspecified atom stereocenters. The third-order valence-electron chi connectivity index (χ3n) is 1.06. The van der Waals surface area contributed by atoms with Gasteiger partial charge in [0.05, 0.1) is 0 Å². The summed E-state index contributed by atoms with van der Waals surface area (Å²) in [6, 6.07) is 0. The Morgan fingerprint density at radius 2 is 2.33 bits per heavy atom. The number of carbonyl (C=O) groups excluding carboxylic acids is 1. The lowest BCUT2D eigenvalue weighted by Crippen LogP contribution is -1.96. The maximum absolute atomic E-state index is 10.3. The van der Waals surface area contributed by atoms with Gasteiger partial charge in [0.1, 0.15) is 6.61 Å². The third-order valence-corrected chi connectivity index (χ3v) is 1.06. The fourth-order valence-electron chi connectivity index (χ4n) is 0.529. The average molecular weight is 166 g/mol. The predicted molar refractivity (Wildman–Crippen MR) is 48.5 cm³/mol. The van der Waals surface area contributed by atoms with Crippen molar-refractivity contribution in [2.24, 2.45) is 0 Å². The molecule has 0 N–H and O–H groups in total. The van der Waals surface area contributed by atoms with Crippen LogP contribution in [-0.4, -0.2) is 12.6 Å². The summed E-state index contributed by atoms with van der Waals surface area (Å²) in [5.74, 6) is 5.52. The molecule has 0 radical (unpaired) electrons. The standard InChI is InChI=1S/C10H14O2/c1-3-4-5-6-7-8-9-12-10(2)11/h7-8H,3-4,9H2,1-2H3/b8-7+. The summed E-state index contributed by atoms with van der Waals surface area (Å²) in [6.07, 6.45) is 5.42. The molecule has 0 saturated heterocycles. The maximum atomic E-state index is 10.3. The number of unbranched alkanes of at least 4 members (excludes halogenated alkanes) is 1. The van der Waals surface area contributed by atoms with Crippen molar-refractivity contribution < 1.29 is 9.53 Å². The second-order valence-electron chi connectivity index (χ2n) is 2.28. The lowest BCUT2D eigenvalue weighted by atomic mass is 10.3. The molecule has 0 aliphatic heterocycles. The number of hydrogen-bond donors (Lipinski definition) is 0. The molecule has 0 aliphatic rings. The molecule has 0 atom stereocenters. The van der Waals surface area contributed by atoms with Crippen LogP contribution in [0.15, 0.2) is 12.2 Å². The first-order chi connectivity index (χ1) is 5.77. The van der Waals surface area contributed by atoms with Gasteiger partial charge in [-0.1, -0.05) is 18.8 Å². The molecule has 0 bridgehead atoms. The Morgan fingerprint density at radius 1 is 1.58 bits per heavy atom. The van der Waals surface area contributed by atoms with Crippen LogP contribution in [0.2, 0.25) is 0 Å². The monoisotopic (exact) mass is 166 g/mol. The van der Waals surface area contributed by atoms with Crippen LogP contribution < -0.4 is 0 Å². The summed E-state index contributed by atoms with van der Waals surface area (Å²) in [7, 11) is 0. The molecule has 0 amide bonds. The summed E-state index contributed by atoms with van der Waals surface area (Å²) in [4.78, 5) is 10.3. The van der Waals surface area contributed by atoms with Crippen molar-refractivity contribution in [2.45, 2.75) is 26.7 Å². The number of allylic oxidation sites excluding steroid dienone is 1. The zero-order chi connectivity index (χ0) is 9.23. The van der Waals surface area contributed by atoms with Crippen LogP contribution in [0.5, 0.6) is 0 Å². The largest absolute Gasteiger partial charge is 0.462 e. The zero-order valence-corrected chi connectivity index (χ0v) is 7.59. The summed E-state index contributed by atoms with van der Waals surface area (Å²) in [6.45, 7) is 3.78. The molecular weight excluding hydrogens is 152 g/mol. The van der Waals surface area contributed by atoms with E-state index >= 15 is 0 Å². The lowest BCUT2D eigenvalue weighted by molar-refractivity contribution is -0.139. The van der Waals surface area contributed by atoms with Crippen LogP contribution in [0.1, 0.15) is 26.7 Å². The molecule has 0 rings (SSSR count). The van der Waals surface area contributed by atoms with Crippen molar-refractivity contribution in [3.8, 4) is 11.8 Å². The van der Waals surface area contributed by atoms with Gasteiger partial charge >= 0.3 is 5.97 Å².